The van der Waals surface area contributed by atoms with E-state index in [1.807, 2.05) is 0 Å². The standard InChI is InChI=1S/C8H11NO3/c1-5-6(2)8(12)9(3-4-10)7(5)11/h4-6H,3H2,1-2H3. The summed E-state index contributed by atoms with van der Waals surface area (Å²) in [6.45, 7) is 3.30. The van der Waals surface area contributed by atoms with Gasteiger partial charge in [0.1, 0.15) is 6.29 Å². The van der Waals surface area contributed by atoms with Crippen molar-refractivity contribution in [3.05, 3.63) is 0 Å². The molecule has 2 amide bonds. The number of carbonyl (C=O) groups is 3. The van der Waals surface area contributed by atoms with E-state index >= 15 is 0 Å². The molecule has 0 aromatic carbocycles. The molecular weight excluding hydrogens is 158 g/mol. The van der Waals surface area contributed by atoms with E-state index in [-0.39, 0.29) is 30.2 Å². The van der Waals surface area contributed by atoms with Crippen LogP contribution in [0.15, 0.2) is 0 Å². The predicted molar refractivity (Wildman–Crippen MR) is 41.1 cm³/mol. The second kappa shape index (κ2) is 3.05. The van der Waals surface area contributed by atoms with E-state index in [0.717, 1.165) is 4.90 Å². The molecule has 0 bridgehead atoms. The summed E-state index contributed by atoms with van der Waals surface area (Å²) in [6, 6.07) is 0. The van der Waals surface area contributed by atoms with E-state index < -0.39 is 0 Å². The third kappa shape index (κ3) is 1.13. The van der Waals surface area contributed by atoms with E-state index in [2.05, 4.69) is 0 Å². The molecule has 4 heteroatoms. The van der Waals surface area contributed by atoms with E-state index in [1.54, 1.807) is 13.8 Å². The molecule has 0 aromatic rings. The highest BCUT2D eigenvalue weighted by molar-refractivity contribution is 6.05. The first-order valence-electron chi connectivity index (χ1n) is 3.88. The zero-order chi connectivity index (χ0) is 9.30. The minimum Gasteiger partial charge on any atom is -0.301 e. The summed E-state index contributed by atoms with van der Waals surface area (Å²) in [6.07, 6.45) is 0.570. The summed E-state index contributed by atoms with van der Waals surface area (Å²) in [5.74, 6) is -1.03. The van der Waals surface area contributed by atoms with Crippen LogP contribution >= 0.6 is 0 Å². The van der Waals surface area contributed by atoms with Gasteiger partial charge < -0.3 is 4.79 Å². The minimum absolute atomic E-state index is 0.105. The van der Waals surface area contributed by atoms with Gasteiger partial charge in [0, 0.05) is 11.8 Å². The number of likely N-dealkylation sites (tertiary alicyclic amines) is 1. The zero-order valence-corrected chi connectivity index (χ0v) is 7.11. The van der Waals surface area contributed by atoms with Crippen LogP contribution in [0.25, 0.3) is 0 Å². The quantitative estimate of drug-likeness (QED) is 0.426. The second-order valence-electron chi connectivity index (χ2n) is 3.03. The van der Waals surface area contributed by atoms with Crippen LogP contribution in [0.3, 0.4) is 0 Å². The Morgan fingerprint density at radius 1 is 1.25 bits per heavy atom. The number of carbonyl (C=O) groups excluding carboxylic acids is 3. The summed E-state index contributed by atoms with van der Waals surface area (Å²) < 4.78 is 0. The molecule has 0 spiro atoms. The van der Waals surface area contributed by atoms with Gasteiger partial charge in [-0.1, -0.05) is 13.8 Å². The number of aldehydes is 1. The van der Waals surface area contributed by atoms with Crippen LogP contribution in [0.2, 0.25) is 0 Å². The van der Waals surface area contributed by atoms with Gasteiger partial charge in [0.15, 0.2) is 0 Å². The fourth-order valence-electron chi connectivity index (χ4n) is 1.28. The topological polar surface area (TPSA) is 54.5 Å². The second-order valence-corrected chi connectivity index (χ2v) is 3.03. The van der Waals surface area contributed by atoms with Crippen molar-refractivity contribution in [3.8, 4) is 0 Å². The Kier molecular flexibility index (Phi) is 2.26. The van der Waals surface area contributed by atoms with Gasteiger partial charge in [-0.25, -0.2) is 0 Å². The van der Waals surface area contributed by atoms with Crippen LogP contribution < -0.4 is 0 Å². The highest BCUT2D eigenvalue weighted by atomic mass is 16.2. The van der Waals surface area contributed by atoms with Gasteiger partial charge in [0.25, 0.3) is 0 Å². The fourth-order valence-corrected chi connectivity index (χ4v) is 1.28. The summed E-state index contributed by atoms with van der Waals surface area (Å²) >= 11 is 0. The van der Waals surface area contributed by atoms with Crippen molar-refractivity contribution in [2.24, 2.45) is 11.8 Å². The Labute approximate surface area is 70.5 Å². The molecule has 1 rings (SSSR count). The average molecular weight is 169 g/mol. The van der Waals surface area contributed by atoms with E-state index in [0.29, 0.717) is 6.29 Å². The van der Waals surface area contributed by atoms with Crippen molar-refractivity contribution in [2.45, 2.75) is 13.8 Å². The molecule has 1 saturated heterocycles. The van der Waals surface area contributed by atoms with E-state index in [9.17, 15) is 14.4 Å². The maximum absolute atomic E-state index is 11.3. The lowest BCUT2D eigenvalue weighted by Gasteiger charge is -2.08. The Morgan fingerprint density at radius 3 is 2.00 bits per heavy atom. The lowest BCUT2D eigenvalue weighted by atomic mass is 10.00. The van der Waals surface area contributed by atoms with Gasteiger partial charge in [-0.2, -0.15) is 0 Å². The van der Waals surface area contributed by atoms with Crippen molar-refractivity contribution < 1.29 is 14.4 Å². The molecular formula is C8H11NO3. The normalized spacial score (nSPS) is 29.7. The lowest BCUT2D eigenvalue weighted by molar-refractivity contribution is -0.141. The van der Waals surface area contributed by atoms with Crippen LogP contribution in [0.1, 0.15) is 13.8 Å². The van der Waals surface area contributed by atoms with Gasteiger partial charge >= 0.3 is 0 Å². The summed E-state index contributed by atoms with van der Waals surface area (Å²) in [7, 11) is 0. The van der Waals surface area contributed by atoms with Crippen molar-refractivity contribution in [1.29, 1.82) is 0 Å². The molecule has 0 radical (unpaired) electrons. The average Bonchev–Trinajstić information content (AvgIpc) is 2.23. The minimum atomic E-state index is -0.280. The van der Waals surface area contributed by atoms with E-state index in [1.165, 1.54) is 0 Å². The van der Waals surface area contributed by atoms with Crippen LogP contribution in [0.4, 0.5) is 0 Å². The SMILES string of the molecule is CC1C(=O)N(CC=O)C(=O)C1C. The number of rotatable bonds is 2. The van der Waals surface area contributed by atoms with Gasteiger partial charge in [-0.15, -0.1) is 0 Å². The first kappa shape index (κ1) is 8.90. The summed E-state index contributed by atoms with van der Waals surface area (Å²) in [5.41, 5.74) is 0. The molecule has 66 valence electrons. The molecule has 2 atom stereocenters. The van der Waals surface area contributed by atoms with Crippen molar-refractivity contribution in [2.75, 3.05) is 6.54 Å². The van der Waals surface area contributed by atoms with Crippen LogP contribution in [0, 0.1) is 11.8 Å². The lowest BCUT2D eigenvalue weighted by Crippen LogP contribution is -2.32. The first-order valence-corrected chi connectivity index (χ1v) is 3.88. The molecule has 1 fully saturated rings. The molecule has 1 aliphatic heterocycles. The maximum atomic E-state index is 11.3. The first-order chi connectivity index (χ1) is 5.59. The molecule has 1 aliphatic rings. The van der Waals surface area contributed by atoms with Gasteiger partial charge in [0.05, 0.1) is 6.54 Å². The summed E-state index contributed by atoms with van der Waals surface area (Å²) in [4.78, 5) is 33.7. The molecule has 0 saturated carbocycles. The molecule has 1 heterocycles. The van der Waals surface area contributed by atoms with Crippen molar-refractivity contribution >= 4 is 18.1 Å². The molecule has 12 heavy (non-hydrogen) atoms. The Morgan fingerprint density at radius 2 is 1.67 bits per heavy atom. The molecule has 0 aromatic heterocycles. The van der Waals surface area contributed by atoms with Crippen molar-refractivity contribution in [3.63, 3.8) is 0 Å². The number of hydrogen-bond donors (Lipinski definition) is 0. The Balaban J connectivity index is 2.83. The maximum Gasteiger partial charge on any atom is 0.233 e. The smallest absolute Gasteiger partial charge is 0.233 e. The monoisotopic (exact) mass is 169 g/mol. The Hall–Kier alpha value is -1.19. The Bertz CT molecular complexity index is 216. The van der Waals surface area contributed by atoms with Gasteiger partial charge in [-0.05, 0) is 0 Å². The third-order valence-corrected chi connectivity index (χ3v) is 2.32. The highest BCUT2D eigenvalue weighted by Gasteiger charge is 2.41. The van der Waals surface area contributed by atoms with Crippen molar-refractivity contribution in [1.82, 2.24) is 4.90 Å². The zero-order valence-electron chi connectivity index (χ0n) is 7.11. The summed E-state index contributed by atoms with van der Waals surface area (Å²) in [5, 5.41) is 0. The molecule has 2 unspecified atom stereocenters. The highest BCUT2D eigenvalue weighted by Crippen LogP contribution is 2.24. The van der Waals surface area contributed by atoms with E-state index in [4.69, 9.17) is 0 Å². The number of nitrogens with zero attached hydrogens (tertiary/aromatic N) is 1. The van der Waals surface area contributed by atoms with Crippen LogP contribution in [-0.4, -0.2) is 29.5 Å². The van der Waals surface area contributed by atoms with Gasteiger partial charge in [0.2, 0.25) is 11.8 Å². The molecule has 0 N–H and O–H groups in total. The van der Waals surface area contributed by atoms with Gasteiger partial charge in [-0.3, -0.25) is 14.5 Å². The number of amides is 2. The van der Waals surface area contributed by atoms with Crippen LogP contribution in [-0.2, 0) is 14.4 Å². The number of hydrogen-bond acceptors (Lipinski definition) is 3. The fraction of sp³-hybridized carbons (Fsp3) is 0.625. The molecule has 0 aliphatic carbocycles. The largest absolute Gasteiger partial charge is 0.301 e. The molecule has 4 nitrogen and oxygen atoms in total. The number of imide groups is 1. The predicted octanol–water partition coefficient (Wildman–Crippen LogP) is -0.174. The van der Waals surface area contributed by atoms with Crippen LogP contribution in [0.5, 0.6) is 0 Å². The third-order valence-electron chi connectivity index (χ3n) is 2.32.